The van der Waals surface area contributed by atoms with E-state index in [9.17, 15) is 4.79 Å². The Labute approximate surface area is 109 Å². The van der Waals surface area contributed by atoms with Crippen LogP contribution in [-0.2, 0) is 9.53 Å². The molecule has 0 aromatic heterocycles. The van der Waals surface area contributed by atoms with Crippen LogP contribution < -0.4 is 5.32 Å². The Bertz CT molecular complexity index is 384. The van der Waals surface area contributed by atoms with Crippen molar-refractivity contribution in [3.05, 3.63) is 34.3 Å². The normalized spacial score (nSPS) is 14.3. The van der Waals surface area contributed by atoms with Gasteiger partial charge in [-0.2, -0.15) is 0 Å². The highest BCUT2D eigenvalue weighted by Gasteiger charge is 2.20. The third-order valence-corrected chi connectivity index (χ3v) is 3.18. The summed E-state index contributed by atoms with van der Waals surface area (Å²) in [4.78, 5) is 11.0. The third-order valence-electron chi connectivity index (χ3n) is 2.45. The van der Waals surface area contributed by atoms with E-state index < -0.39 is 12.0 Å². The summed E-state index contributed by atoms with van der Waals surface area (Å²) in [6.45, 7) is 2.07. The number of aliphatic carboxylic acids is 1. The number of nitrogens with one attached hydrogen (secondary N) is 1. The first-order valence-electron chi connectivity index (χ1n) is 5.28. The first-order valence-corrected chi connectivity index (χ1v) is 6.07. The molecule has 0 aliphatic rings. The van der Waals surface area contributed by atoms with Crippen molar-refractivity contribution in [2.24, 2.45) is 0 Å². The molecule has 5 heteroatoms. The third kappa shape index (κ3) is 4.11. The number of carboxylic acids is 1. The molecule has 1 rings (SSSR count). The molecule has 0 fully saturated rings. The lowest BCUT2D eigenvalue weighted by Crippen LogP contribution is -2.41. The van der Waals surface area contributed by atoms with Crippen molar-refractivity contribution in [1.29, 1.82) is 0 Å². The fourth-order valence-corrected chi connectivity index (χ4v) is 2.20. The fourth-order valence-electron chi connectivity index (χ4n) is 1.58. The van der Waals surface area contributed by atoms with E-state index in [-0.39, 0.29) is 12.6 Å². The molecule has 0 spiro atoms. The van der Waals surface area contributed by atoms with Gasteiger partial charge < -0.3 is 9.84 Å². The van der Waals surface area contributed by atoms with Crippen LogP contribution in [0.25, 0.3) is 0 Å². The predicted molar refractivity (Wildman–Crippen MR) is 69.0 cm³/mol. The Hall–Kier alpha value is -0.910. The maximum absolute atomic E-state index is 11.0. The molecule has 94 valence electrons. The van der Waals surface area contributed by atoms with Crippen LogP contribution in [0.3, 0.4) is 0 Å². The summed E-state index contributed by atoms with van der Waals surface area (Å²) in [7, 11) is 1.49. The number of hydrogen-bond donors (Lipinski definition) is 2. The number of methoxy groups -OCH3 is 1. The molecule has 0 aliphatic carbocycles. The van der Waals surface area contributed by atoms with Crippen molar-refractivity contribution < 1.29 is 14.6 Å². The quantitative estimate of drug-likeness (QED) is 0.846. The zero-order chi connectivity index (χ0) is 12.8. The van der Waals surface area contributed by atoms with E-state index in [2.05, 4.69) is 21.2 Å². The van der Waals surface area contributed by atoms with Gasteiger partial charge in [0.25, 0.3) is 0 Å². The zero-order valence-corrected chi connectivity index (χ0v) is 11.4. The molecule has 2 atom stereocenters. The van der Waals surface area contributed by atoms with Gasteiger partial charge in [0.05, 0.1) is 6.61 Å². The van der Waals surface area contributed by atoms with Gasteiger partial charge in [0.1, 0.15) is 6.04 Å². The molecular formula is C12H16BrNO3. The first-order chi connectivity index (χ1) is 8.06. The lowest BCUT2D eigenvalue weighted by Gasteiger charge is -2.20. The average molecular weight is 302 g/mol. The lowest BCUT2D eigenvalue weighted by atomic mass is 10.1. The number of rotatable bonds is 6. The van der Waals surface area contributed by atoms with Crippen molar-refractivity contribution in [3.8, 4) is 0 Å². The SMILES string of the molecule is COCC(N[C@@H](C)c1ccccc1Br)C(=O)O. The summed E-state index contributed by atoms with van der Waals surface area (Å²) in [5.74, 6) is -0.911. The maximum atomic E-state index is 11.0. The summed E-state index contributed by atoms with van der Waals surface area (Å²) in [5.41, 5.74) is 1.02. The summed E-state index contributed by atoms with van der Waals surface area (Å²) in [6, 6.07) is 6.95. The standard InChI is InChI=1S/C12H16BrNO3/c1-8(9-5-3-4-6-10(9)13)14-11(7-17-2)12(15)16/h3-6,8,11,14H,7H2,1-2H3,(H,15,16)/t8-,11?/m0/s1. The molecule has 1 aromatic carbocycles. The van der Waals surface area contributed by atoms with Crippen LogP contribution in [0.5, 0.6) is 0 Å². The van der Waals surface area contributed by atoms with Crippen LogP contribution in [0.4, 0.5) is 0 Å². The van der Waals surface area contributed by atoms with Gasteiger partial charge in [-0.25, -0.2) is 0 Å². The topological polar surface area (TPSA) is 58.6 Å². The number of hydrogen-bond acceptors (Lipinski definition) is 3. The van der Waals surface area contributed by atoms with Gasteiger partial charge in [0.2, 0.25) is 0 Å². The predicted octanol–water partition coefficient (Wildman–Crippen LogP) is 2.20. The van der Waals surface area contributed by atoms with Gasteiger partial charge in [-0.15, -0.1) is 0 Å². The highest BCUT2D eigenvalue weighted by molar-refractivity contribution is 9.10. The molecule has 0 amide bonds. The summed E-state index contributed by atoms with van der Waals surface area (Å²) >= 11 is 3.44. The minimum Gasteiger partial charge on any atom is -0.480 e. The molecule has 0 bridgehead atoms. The Morgan fingerprint density at radius 1 is 1.53 bits per heavy atom. The second kappa shape index (κ2) is 6.74. The van der Waals surface area contributed by atoms with E-state index in [1.54, 1.807) is 0 Å². The van der Waals surface area contributed by atoms with Gasteiger partial charge >= 0.3 is 5.97 Å². The van der Waals surface area contributed by atoms with Crippen LogP contribution in [0.15, 0.2) is 28.7 Å². The number of carbonyl (C=O) groups is 1. The van der Waals surface area contributed by atoms with E-state index in [0.29, 0.717) is 0 Å². The summed E-state index contributed by atoms with van der Waals surface area (Å²) in [6.07, 6.45) is 0. The van der Waals surface area contributed by atoms with Crippen molar-refractivity contribution >= 4 is 21.9 Å². The fraction of sp³-hybridized carbons (Fsp3) is 0.417. The van der Waals surface area contributed by atoms with Gasteiger partial charge in [-0.1, -0.05) is 34.1 Å². The van der Waals surface area contributed by atoms with Crippen LogP contribution in [-0.4, -0.2) is 30.8 Å². The highest BCUT2D eigenvalue weighted by Crippen LogP contribution is 2.23. The molecule has 0 radical (unpaired) electrons. The average Bonchev–Trinajstić information content (AvgIpc) is 2.28. The van der Waals surface area contributed by atoms with Crippen LogP contribution in [0, 0.1) is 0 Å². The molecule has 17 heavy (non-hydrogen) atoms. The molecule has 0 heterocycles. The second-order valence-electron chi connectivity index (χ2n) is 3.76. The van der Waals surface area contributed by atoms with Gasteiger partial charge in [-0.05, 0) is 18.6 Å². The number of ether oxygens (including phenoxy) is 1. The molecule has 0 aliphatic heterocycles. The van der Waals surface area contributed by atoms with Gasteiger partial charge in [-0.3, -0.25) is 10.1 Å². The largest absolute Gasteiger partial charge is 0.480 e. The van der Waals surface area contributed by atoms with E-state index in [4.69, 9.17) is 9.84 Å². The van der Waals surface area contributed by atoms with E-state index >= 15 is 0 Å². The Morgan fingerprint density at radius 2 is 2.18 bits per heavy atom. The Morgan fingerprint density at radius 3 is 2.71 bits per heavy atom. The minimum absolute atomic E-state index is 0.0678. The van der Waals surface area contributed by atoms with Crippen LogP contribution >= 0.6 is 15.9 Å². The molecule has 4 nitrogen and oxygen atoms in total. The van der Waals surface area contributed by atoms with Crippen LogP contribution in [0.2, 0.25) is 0 Å². The Balaban J connectivity index is 2.73. The molecular weight excluding hydrogens is 286 g/mol. The van der Waals surface area contributed by atoms with Crippen molar-refractivity contribution in [2.45, 2.75) is 19.0 Å². The van der Waals surface area contributed by atoms with Crippen molar-refractivity contribution in [2.75, 3.05) is 13.7 Å². The van der Waals surface area contributed by atoms with Crippen LogP contribution in [0.1, 0.15) is 18.5 Å². The molecule has 2 N–H and O–H groups in total. The zero-order valence-electron chi connectivity index (χ0n) is 9.81. The monoisotopic (exact) mass is 301 g/mol. The second-order valence-corrected chi connectivity index (χ2v) is 4.61. The van der Waals surface area contributed by atoms with Crippen molar-refractivity contribution in [1.82, 2.24) is 5.32 Å². The van der Waals surface area contributed by atoms with E-state index in [0.717, 1.165) is 10.0 Å². The summed E-state index contributed by atoms with van der Waals surface area (Å²) in [5, 5.41) is 12.0. The number of carboxylic acid groups (broad SMARTS) is 1. The first kappa shape index (κ1) is 14.2. The summed E-state index contributed by atoms with van der Waals surface area (Å²) < 4.78 is 5.84. The van der Waals surface area contributed by atoms with E-state index in [1.165, 1.54) is 7.11 Å². The molecule has 1 unspecified atom stereocenters. The minimum atomic E-state index is -0.911. The maximum Gasteiger partial charge on any atom is 0.323 e. The Kier molecular flexibility index (Phi) is 5.61. The molecule has 1 aromatic rings. The highest BCUT2D eigenvalue weighted by atomic mass is 79.9. The van der Waals surface area contributed by atoms with E-state index in [1.807, 2.05) is 31.2 Å². The molecule has 0 saturated heterocycles. The van der Waals surface area contributed by atoms with Gasteiger partial charge in [0, 0.05) is 17.6 Å². The van der Waals surface area contributed by atoms with Crippen molar-refractivity contribution in [3.63, 3.8) is 0 Å². The number of benzene rings is 1. The number of halogens is 1. The van der Waals surface area contributed by atoms with Gasteiger partial charge in [0.15, 0.2) is 0 Å². The lowest BCUT2D eigenvalue weighted by molar-refractivity contribution is -0.141. The molecule has 0 saturated carbocycles. The smallest absolute Gasteiger partial charge is 0.323 e.